The van der Waals surface area contributed by atoms with Crippen LogP contribution >= 0.6 is 0 Å². The van der Waals surface area contributed by atoms with Gasteiger partial charge in [-0.15, -0.1) is 0 Å². The van der Waals surface area contributed by atoms with Crippen molar-refractivity contribution in [3.8, 4) is 11.3 Å². The van der Waals surface area contributed by atoms with Crippen LogP contribution in [-0.2, 0) is 0 Å². The van der Waals surface area contributed by atoms with Crippen molar-refractivity contribution in [1.29, 1.82) is 0 Å². The molecular formula is C18H16F3N5O. The molecule has 9 heteroatoms. The smallest absolute Gasteiger partial charge is 0.225 e. The Morgan fingerprint density at radius 2 is 1.78 bits per heavy atom. The van der Waals surface area contributed by atoms with Gasteiger partial charge >= 0.3 is 0 Å². The second-order valence-electron chi connectivity index (χ2n) is 5.77. The van der Waals surface area contributed by atoms with Crippen molar-refractivity contribution < 1.29 is 18.3 Å². The Hall–Kier alpha value is -3.20. The summed E-state index contributed by atoms with van der Waals surface area (Å²) in [6.07, 6.45) is 3.17. The lowest BCUT2D eigenvalue weighted by Crippen LogP contribution is -2.21. The first-order valence-corrected chi connectivity index (χ1v) is 8.05. The molecule has 140 valence electrons. The van der Waals surface area contributed by atoms with Crippen molar-refractivity contribution in [2.75, 3.05) is 17.2 Å². The predicted molar refractivity (Wildman–Crippen MR) is 95.0 cm³/mol. The summed E-state index contributed by atoms with van der Waals surface area (Å²) >= 11 is 0. The zero-order valence-corrected chi connectivity index (χ0v) is 14.2. The van der Waals surface area contributed by atoms with Crippen LogP contribution in [0.3, 0.4) is 0 Å². The molecule has 6 nitrogen and oxygen atoms in total. The van der Waals surface area contributed by atoms with E-state index in [-0.39, 0.29) is 30.1 Å². The van der Waals surface area contributed by atoms with Gasteiger partial charge in [-0.25, -0.2) is 18.2 Å². The molecule has 0 amide bonds. The van der Waals surface area contributed by atoms with E-state index in [1.165, 1.54) is 6.07 Å². The summed E-state index contributed by atoms with van der Waals surface area (Å²) in [5, 5.41) is 14.7. The molecule has 0 saturated carbocycles. The lowest BCUT2D eigenvalue weighted by molar-refractivity contribution is 0.281. The fourth-order valence-corrected chi connectivity index (χ4v) is 2.27. The van der Waals surface area contributed by atoms with E-state index < -0.39 is 17.5 Å². The topological polar surface area (TPSA) is 83.0 Å². The van der Waals surface area contributed by atoms with Gasteiger partial charge in [0.15, 0.2) is 17.5 Å². The number of hydrogen-bond acceptors (Lipinski definition) is 6. The molecule has 0 unspecified atom stereocenters. The second kappa shape index (κ2) is 8.00. The molecular weight excluding hydrogens is 359 g/mol. The zero-order valence-electron chi connectivity index (χ0n) is 14.2. The summed E-state index contributed by atoms with van der Waals surface area (Å²) in [5.74, 6) is -3.86. The Balaban J connectivity index is 2.01. The average Bonchev–Trinajstić information content (AvgIpc) is 2.69. The van der Waals surface area contributed by atoms with Gasteiger partial charge in [0.2, 0.25) is 5.95 Å². The maximum atomic E-state index is 14.0. The minimum Gasteiger partial charge on any atom is -0.394 e. The maximum Gasteiger partial charge on any atom is 0.225 e. The lowest BCUT2D eigenvalue weighted by atomic mass is 10.2. The van der Waals surface area contributed by atoms with E-state index in [2.05, 4.69) is 25.6 Å². The van der Waals surface area contributed by atoms with Gasteiger partial charge < -0.3 is 15.7 Å². The molecule has 0 fully saturated rings. The van der Waals surface area contributed by atoms with E-state index in [0.717, 1.165) is 17.7 Å². The highest BCUT2D eigenvalue weighted by atomic mass is 19.2. The molecule has 0 aliphatic carbocycles. The number of nitrogens with one attached hydrogen (secondary N) is 2. The summed E-state index contributed by atoms with van der Waals surface area (Å²) in [7, 11) is 0. The number of rotatable bonds is 6. The molecule has 3 aromatic rings. The van der Waals surface area contributed by atoms with Crippen LogP contribution in [0.25, 0.3) is 11.3 Å². The third-order valence-corrected chi connectivity index (χ3v) is 3.65. The molecule has 1 aromatic carbocycles. The summed E-state index contributed by atoms with van der Waals surface area (Å²) in [6.45, 7) is 1.58. The molecule has 27 heavy (non-hydrogen) atoms. The van der Waals surface area contributed by atoms with Crippen LogP contribution < -0.4 is 10.6 Å². The van der Waals surface area contributed by atoms with Crippen LogP contribution in [0.5, 0.6) is 0 Å². The minimum absolute atomic E-state index is 0.149. The molecule has 0 saturated heterocycles. The van der Waals surface area contributed by atoms with E-state index in [9.17, 15) is 18.3 Å². The number of benzene rings is 1. The number of nitrogens with zero attached hydrogens (tertiary/aromatic N) is 3. The molecule has 0 spiro atoms. The summed E-state index contributed by atoms with van der Waals surface area (Å²) in [5.41, 5.74) is 0.945. The van der Waals surface area contributed by atoms with Crippen LogP contribution in [0.15, 0.2) is 42.7 Å². The highest BCUT2D eigenvalue weighted by molar-refractivity contribution is 5.67. The van der Waals surface area contributed by atoms with Gasteiger partial charge in [-0.2, -0.15) is 4.98 Å². The van der Waals surface area contributed by atoms with Crippen LogP contribution in [-0.4, -0.2) is 32.7 Å². The van der Waals surface area contributed by atoms with E-state index in [1.807, 2.05) is 0 Å². The molecule has 2 aromatic heterocycles. The van der Waals surface area contributed by atoms with Crippen molar-refractivity contribution >= 4 is 17.5 Å². The number of hydrogen-bond donors (Lipinski definition) is 3. The van der Waals surface area contributed by atoms with Crippen molar-refractivity contribution in [2.45, 2.75) is 13.0 Å². The summed E-state index contributed by atoms with van der Waals surface area (Å²) < 4.78 is 40.5. The van der Waals surface area contributed by atoms with Gasteiger partial charge in [0.25, 0.3) is 0 Å². The highest BCUT2D eigenvalue weighted by Crippen LogP contribution is 2.26. The fraction of sp³-hybridized carbons (Fsp3) is 0.167. The van der Waals surface area contributed by atoms with Gasteiger partial charge in [0, 0.05) is 30.1 Å². The molecule has 2 heterocycles. The first kappa shape index (κ1) is 18.6. The lowest BCUT2D eigenvalue weighted by Gasteiger charge is -2.14. The Morgan fingerprint density at radius 1 is 1.04 bits per heavy atom. The summed E-state index contributed by atoms with van der Waals surface area (Å²) in [6, 6.07) is 6.55. The summed E-state index contributed by atoms with van der Waals surface area (Å²) in [4.78, 5) is 12.5. The number of aliphatic hydroxyl groups excluding tert-OH is 1. The largest absolute Gasteiger partial charge is 0.394 e. The maximum absolute atomic E-state index is 14.0. The van der Waals surface area contributed by atoms with E-state index in [1.54, 1.807) is 31.5 Å². The molecule has 0 radical (unpaired) electrons. The van der Waals surface area contributed by atoms with Crippen LogP contribution in [0.4, 0.5) is 30.6 Å². The molecule has 0 aliphatic rings. The highest BCUT2D eigenvalue weighted by Gasteiger charge is 2.15. The third kappa shape index (κ3) is 4.32. The Morgan fingerprint density at radius 3 is 2.48 bits per heavy atom. The molecule has 1 atom stereocenters. The molecule has 3 rings (SSSR count). The van der Waals surface area contributed by atoms with Crippen molar-refractivity contribution in [3.63, 3.8) is 0 Å². The van der Waals surface area contributed by atoms with Crippen molar-refractivity contribution in [1.82, 2.24) is 15.0 Å². The van der Waals surface area contributed by atoms with Crippen molar-refractivity contribution in [2.24, 2.45) is 0 Å². The Bertz CT molecular complexity index is 940. The van der Waals surface area contributed by atoms with E-state index >= 15 is 0 Å². The number of anilines is 3. The van der Waals surface area contributed by atoms with E-state index in [4.69, 9.17) is 0 Å². The van der Waals surface area contributed by atoms with Gasteiger partial charge in [-0.3, -0.25) is 4.98 Å². The quantitative estimate of drug-likeness (QED) is 0.572. The van der Waals surface area contributed by atoms with Crippen LogP contribution in [0, 0.1) is 17.5 Å². The Kier molecular flexibility index (Phi) is 5.51. The molecule has 3 N–H and O–H groups in total. The number of pyridine rings is 1. The fourth-order valence-electron chi connectivity index (χ4n) is 2.27. The number of halogens is 3. The third-order valence-electron chi connectivity index (χ3n) is 3.65. The standard InChI is InChI=1S/C18H16F3N5O/c1-10(9-27)23-18-25-14(11-4-6-22-7-5-11)8-15(26-18)24-13-3-2-12(19)16(20)17(13)21/h2-8,10,27H,9H2,1H3,(H2,23,24,25,26)/t10-/m0/s1. The number of aromatic nitrogens is 3. The van der Waals surface area contributed by atoms with Crippen LogP contribution in [0.1, 0.15) is 6.92 Å². The van der Waals surface area contributed by atoms with Crippen LogP contribution in [0.2, 0.25) is 0 Å². The van der Waals surface area contributed by atoms with Gasteiger partial charge in [0.05, 0.1) is 18.0 Å². The monoisotopic (exact) mass is 375 g/mol. The van der Waals surface area contributed by atoms with Crippen molar-refractivity contribution in [3.05, 3.63) is 60.2 Å². The normalized spacial score (nSPS) is 11.9. The van der Waals surface area contributed by atoms with Gasteiger partial charge in [0.1, 0.15) is 5.82 Å². The van der Waals surface area contributed by atoms with E-state index in [0.29, 0.717) is 5.69 Å². The first-order valence-electron chi connectivity index (χ1n) is 8.05. The molecule has 0 aliphatic heterocycles. The second-order valence-corrected chi connectivity index (χ2v) is 5.77. The number of aliphatic hydroxyl groups is 1. The first-order chi connectivity index (χ1) is 13.0. The average molecular weight is 375 g/mol. The molecule has 0 bridgehead atoms. The SMILES string of the molecule is C[C@@H](CO)Nc1nc(Nc2ccc(F)c(F)c2F)cc(-c2ccncc2)n1. The Labute approximate surface area is 153 Å². The predicted octanol–water partition coefficient (Wildman–Crippen LogP) is 3.49. The minimum atomic E-state index is -1.57. The zero-order chi connectivity index (χ0) is 19.4. The van der Waals surface area contributed by atoms with Gasteiger partial charge in [-0.1, -0.05) is 0 Å². The van der Waals surface area contributed by atoms with Gasteiger partial charge in [-0.05, 0) is 31.2 Å².